The van der Waals surface area contributed by atoms with Gasteiger partial charge < -0.3 is 10.6 Å². The van der Waals surface area contributed by atoms with E-state index in [1.54, 1.807) is 0 Å². The summed E-state index contributed by atoms with van der Waals surface area (Å²) in [6, 6.07) is 6.63. The summed E-state index contributed by atoms with van der Waals surface area (Å²) in [5, 5.41) is 0.790. The van der Waals surface area contributed by atoms with Gasteiger partial charge in [0.25, 0.3) is 0 Å². The van der Waals surface area contributed by atoms with Crippen molar-refractivity contribution < 1.29 is 0 Å². The lowest BCUT2D eigenvalue weighted by Gasteiger charge is -2.36. The van der Waals surface area contributed by atoms with Crippen molar-refractivity contribution in [1.82, 2.24) is 0 Å². The SMILES string of the molecule is CC1CCC(N(C)c2cc(Cl)ccc2CN)CC1. The molecule has 1 saturated carbocycles. The lowest BCUT2D eigenvalue weighted by molar-refractivity contribution is 0.340. The molecule has 0 spiro atoms. The van der Waals surface area contributed by atoms with Gasteiger partial charge in [-0.15, -0.1) is 0 Å². The van der Waals surface area contributed by atoms with E-state index in [9.17, 15) is 0 Å². The van der Waals surface area contributed by atoms with Crippen molar-refractivity contribution in [2.24, 2.45) is 11.7 Å². The molecule has 0 saturated heterocycles. The maximum absolute atomic E-state index is 6.11. The van der Waals surface area contributed by atoms with Crippen LogP contribution >= 0.6 is 11.6 Å². The predicted octanol–water partition coefficient (Wildman–Crippen LogP) is 3.81. The molecule has 0 atom stereocenters. The molecule has 1 aliphatic rings. The summed E-state index contributed by atoms with van der Waals surface area (Å²) in [7, 11) is 2.17. The molecule has 0 unspecified atom stereocenters. The number of hydrogen-bond donors (Lipinski definition) is 1. The molecule has 1 aromatic carbocycles. The fourth-order valence-electron chi connectivity index (χ4n) is 2.86. The van der Waals surface area contributed by atoms with Gasteiger partial charge in [0.15, 0.2) is 0 Å². The van der Waals surface area contributed by atoms with Gasteiger partial charge in [-0.2, -0.15) is 0 Å². The molecule has 0 bridgehead atoms. The van der Waals surface area contributed by atoms with E-state index in [0.29, 0.717) is 12.6 Å². The summed E-state index contributed by atoms with van der Waals surface area (Å²) in [5.74, 6) is 0.878. The molecule has 2 rings (SSSR count). The van der Waals surface area contributed by atoms with E-state index in [1.807, 2.05) is 18.2 Å². The molecular weight excluding hydrogens is 244 g/mol. The Morgan fingerprint density at radius 2 is 1.94 bits per heavy atom. The number of halogens is 1. The molecule has 0 amide bonds. The van der Waals surface area contributed by atoms with Crippen LogP contribution in [0.15, 0.2) is 18.2 Å². The highest BCUT2D eigenvalue weighted by molar-refractivity contribution is 6.30. The minimum atomic E-state index is 0.569. The van der Waals surface area contributed by atoms with Gasteiger partial charge in [0.2, 0.25) is 0 Å². The molecule has 18 heavy (non-hydrogen) atoms. The van der Waals surface area contributed by atoms with Crippen molar-refractivity contribution in [3.8, 4) is 0 Å². The standard InChI is InChI=1S/C15H23ClN2/c1-11-3-7-14(8-4-11)18(2)15-9-13(16)6-5-12(15)10-17/h5-6,9,11,14H,3-4,7-8,10,17H2,1-2H3. The third-order valence-corrected chi connectivity index (χ3v) is 4.42. The van der Waals surface area contributed by atoms with Crippen molar-refractivity contribution in [3.05, 3.63) is 28.8 Å². The average Bonchev–Trinajstić information content (AvgIpc) is 2.39. The summed E-state index contributed by atoms with van der Waals surface area (Å²) in [5.41, 5.74) is 8.20. The molecule has 0 heterocycles. The van der Waals surface area contributed by atoms with Crippen molar-refractivity contribution in [1.29, 1.82) is 0 Å². The molecular formula is C15H23ClN2. The third-order valence-electron chi connectivity index (χ3n) is 4.18. The lowest BCUT2D eigenvalue weighted by atomic mass is 9.86. The molecule has 3 heteroatoms. The lowest BCUT2D eigenvalue weighted by Crippen LogP contribution is -2.35. The first-order chi connectivity index (χ1) is 8.61. The third kappa shape index (κ3) is 2.99. The van der Waals surface area contributed by atoms with Gasteiger partial charge in [-0.05, 0) is 49.3 Å². The molecule has 0 aliphatic heterocycles. The molecule has 0 aromatic heterocycles. The summed E-state index contributed by atoms with van der Waals surface area (Å²) >= 11 is 6.11. The predicted molar refractivity (Wildman–Crippen MR) is 79.2 cm³/mol. The van der Waals surface area contributed by atoms with E-state index in [0.717, 1.165) is 10.9 Å². The molecule has 1 fully saturated rings. The summed E-state index contributed by atoms with van der Waals surface area (Å²) in [6.07, 6.45) is 5.20. The minimum absolute atomic E-state index is 0.569. The summed E-state index contributed by atoms with van der Waals surface area (Å²) < 4.78 is 0. The van der Waals surface area contributed by atoms with Crippen LogP contribution in [0.5, 0.6) is 0 Å². The highest BCUT2D eigenvalue weighted by Crippen LogP contribution is 2.32. The zero-order valence-corrected chi connectivity index (χ0v) is 12.1. The van der Waals surface area contributed by atoms with Crippen LogP contribution in [0.25, 0.3) is 0 Å². The molecule has 0 radical (unpaired) electrons. The van der Waals surface area contributed by atoms with Crippen LogP contribution in [0.1, 0.15) is 38.2 Å². The Balaban J connectivity index is 2.17. The van der Waals surface area contributed by atoms with Gasteiger partial charge in [-0.25, -0.2) is 0 Å². The van der Waals surface area contributed by atoms with Gasteiger partial charge in [0.1, 0.15) is 0 Å². The van der Waals surface area contributed by atoms with Gasteiger partial charge in [-0.1, -0.05) is 24.6 Å². The first kappa shape index (κ1) is 13.7. The highest BCUT2D eigenvalue weighted by atomic mass is 35.5. The first-order valence-electron chi connectivity index (χ1n) is 6.83. The maximum Gasteiger partial charge on any atom is 0.0426 e. The van der Waals surface area contributed by atoms with Gasteiger partial charge in [-0.3, -0.25) is 0 Å². The van der Waals surface area contributed by atoms with E-state index in [-0.39, 0.29) is 0 Å². The van der Waals surface area contributed by atoms with Crippen molar-refractivity contribution >= 4 is 17.3 Å². The molecule has 2 nitrogen and oxygen atoms in total. The second-order valence-corrected chi connectivity index (χ2v) is 5.94. The van der Waals surface area contributed by atoms with Crippen LogP contribution in [0, 0.1) is 5.92 Å². The zero-order chi connectivity index (χ0) is 13.1. The van der Waals surface area contributed by atoms with E-state index in [1.165, 1.54) is 36.9 Å². The van der Waals surface area contributed by atoms with E-state index in [4.69, 9.17) is 17.3 Å². The maximum atomic E-state index is 6.11. The number of hydrogen-bond acceptors (Lipinski definition) is 2. The van der Waals surface area contributed by atoms with Crippen molar-refractivity contribution in [3.63, 3.8) is 0 Å². The van der Waals surface area contributed by atoms with Crippen molar-refractivity contribution in [2.45, 2.75) is 45.2 Å². The smallest absolute Gasteiger partial charge is 0.0426 e. The fourth-order valence-corrected chi connectivity index (χ4v) is 3.03. The van der Waals surface area contributed by atoms with Gasteiger partial charge in [0.05, 0.1) is 0 Å². The first-order valence-corrected chi connectivity index (χ1v) is 7.21. The second kappa shape index (κ2) is 5.94. The average molecular weight is 267 g/mol. The van der Waals surface area contributed by atoms with Crippen LogP contribution in [-0.2, 0) is 6.54 Å². The Kier molecular flexibility index (Phi) is 4.52. The number of anilines is 1. The van der Waals surface area contributed by atoms with E-state index in [2.05, 4.69) is 18.9 Å². The van der Waals surface area contributed by atoms with Crippen LogP contribution in [0.2, 0.25) is 5.02 Å². The Morgan fingerprint density at radius 1 is 1.28 bits per heavy atom. The molecule has 100 valence electrons. The monoisotopic (exact) mass is 266 g/mol. The molecule has 2 N–H and O–H groups in total. The molecule has 1 aromatic rings. The Bertz CT molecular complexity index is 397. The van der Waals surface area contributed by atoms with E-state index < -0.39 is 0 Å². The Labute approximate surface area is 115 Å². The van der Waals surface area contributed by atoms with Crippen molar-refractivity contribution in [2.75, 3.05) is 11.9 Å². The quantitative estimate of drug-likeness (QED) is 0.901. The van der Waals surface area contributed by atoms with Gasteiger partial charge in [0, 0.05) is 30.3 Å². The second-order valence-electron chi connectivity index (χ2n) is 5.50. The van der Waals surface area contributed by atoms with Gasteiger partial charge >= 0.3 is 0 Å². The van der Waals surface area contributed by atoms with Crippen LogP contribution in [-0.4, -0.2) is 13.1 Å². The number of benzene rings is 1. The van der Waals surface area contributed by atoms with Crippen LogP contribution in [0.3, 0.4) is 0 Å². The highest BCUT2D eigenvalue weighted by Gasteiger charge is 2.23. The largest absolute Gasteiger partial charge is 0.371 e. The van der Waals surface area contributed by atoms with Crippen LogP contribution < -0.4 is 10.6 Å². The number of rotatable bonds is 3. The fraction of sp³-hybridized carbons (Fsp3) is 0.600. The Morgan fingerprint density at radius 3 is 2.56 bits per heavy atom. The Hall–Kier alpha value is -0.730. The molecule has 1 aliphatic carbocycles. The number of nitrogens with zero attached hydrogens (tertiary/aromatic N) is 1. The zero-order valence-electron chi connectivity index (χ0n) is 11.3. The van der Waals surface area contributed by atoms with E-state index >= 15 is 0 Å². The summed E-state index contributed by atoms with van der Waals surface area (Å²) in [4.78, 5) is 2.37. The minimum Gasteiger partial charge on any atom is -0.371 e. The van der Waals surface area contributed by atoms with Crippen LogP contribution in [0.4, 0.5) is 5.69 Å². The normalized spacial score (nSPS) is 24.0. The number of nitrogens with two attached hydrogens (primary N) is 1. The summed E-state index contributed by atoms with van der Waals surface area (Å²) in [6.45, 7) is 2.92. The topological polar surface area (TPSA) is 29.3 Å².